The van der Waals surface area contributed by atoms with Gasteiger partial charge in [0.05, 0.1) is 0 Å². The van der Waals surface area contributed by atoms with Gasteiger partial charge in [0.15, 0.2) is 5.82 Å². The number of aromatic carboxylic acids is 1. The number of H-pyrrole nitrogens is 1. The first-order chi connectivity index (χ1) is 19.0. The van der Waals surface area contributed by atoms with Crippen molar-refractivity contribution in [1.29, 1.82) is 0 Å². The zero-order chi connectivity index (χ0) is 27.4. The Kier molecular flexibility index (Phi) is 7.40. The van der Waals surface area contributed by atoms with Crippen LogP contribution in [0.25, 0.3) is 17.2 Å². The molecule has 0 saturated heterocycles. The van der Waals surface area contributed by atoms with E-state index in [0.717, 1.165) is 36.1 Å². The number of hydrogen-bond acceptors (Lipinski definition) is 6. The minimum Gasteiger partial charge on any atom is -0.478 e. The summed E-state index contributed by atoms with van der Waals surface area (Å²) < 4.78 is 5.16. The largest absolute Gasteiger partial charge is 0.478 e. The van der Waals surface area contributed by atoms with Crippen molar-refractivity contribution in [2.75, 3.05) is 0 Å². The third kappa shape index (κ3) is 4.99. The van der Waals surface area contributed by atoms with E-state index in [9.17, 15) is 14.7 Å². The van der Waals surface area contributed by atoms with Gasteiger partial charge in [0.25, 0.3) is 0 Å². The van der Waals surface area contributed by atoms with E-state index in [1.54, 1.807) is 23.0 Å². The summed E-state index contributed by atoms with van der Waals surface area (Å²) >= 11 is 0. The van der Waals surface area contributed by atoms with Gasteiger partial charge in [-0.3, -0.25) is 14.1 Å². The summed E-state index contributed by atoms with van der Waals surface area (Å²) in [6, 6.07) is 9.53. The van der Waals surface area contributed by atoms with E-state index in [0.29, 0.717) is 37.6 Å². The third-order valence-corrected chi connectivity index (χ3v) is 7.24. The molecule has 1 unspecified atom stereocenters. The van der Waals surface area contributed by atoms with Gasteiger partial charge >= 0.3 is 11.7 Å². The molecule has 11 heteroatoms. The van der Waals surface area contributed by atoms with Gasteiger partial charge in [0.1, 0.15) is 11.4 Å². The molecule has 0 saturated carbocycles. The Bertz CT molecular complexity index is 1570. The van der Waals surface area contributed by atoms with Crippen molar-refractivity contribution < 1.29 is 9.90 Å². The minimum absolute atomic E-state index is 0.109. The van der Waals surface area contributed by atoms with Crippen LogP contribution in [0.15, 0.2) is 64.8 Å². The predicted molar refractivity (Wildman–Crippen MR) is 147 cm³/mol. The van der Waals surface area contributed by atoms with Crippen LogP contribution in [-0.4, -0.2) is 51.6 Å². The van der Waals surface area contributed by atoms with Gasteiger partial charge in [-0.05, 0) is 53.8 Å². The molecule has 0 aliphatic carbocycles. The minimum atomic E-state index is -1.06. The van der Waals surface area contributed by atoms with E-state index in [1.165, 1.54) is 4.57 Å². The lowest BCUT2D eigenvalue weighted by atomic mass is 9.76. The van der Waals surface area contributed by atoms with Crippen LogP contribution in [0.2, 0.25) is 0 Å². The molecule has 0 fully saturated rings. The number of benzene rings is 1. The summed E-state index contributed by atoms with van der Waals surface area (Å²) in [4.78, 5) is 30.5. The van der Waals surface area contributed by atoms with Crippen LogP contribution in [-0.2, 0) is 24.9 Å². The van der Waals surface area contributed by atoms with Crippen LogP contribution >= 0.6 is 0 Å². The van der Waals surface area contributed by atoms with Crippen LogP contribution in [0.3, 0.4) is 0 Å². The molecule has 1 aliphatic heterocycles. The van der Waals surface area contributed by atoms with Gasteiger partial charge in [-0.15, -0.1) is 5.10 Å². The number of carboxylic acid groups (broad SMARTS) is 1. The Balaban J connectivity index is 1.64. The number of aryl methyl sites for hydroxylation is 2. The summed E-state index contributed by atoms with van der Waals surface area (Å²) in [7, 11) is 0. The molecule has 11 nitrogen and oxygen atoms in total. The van der Waals surface area contributed by atoms with Crippen LogP contribution in [0.4, 0.5) is 0 Å². The molecule has 202 valence electrons. The van der Waals surface area contributed by atoms with Crippen LogP contribution in [0.5, 0.6) is 0 Å². The van der Waals surface area contributed by atoms with E-state index in [4.69, 9.17) is 0 Å². The molecular weight excluding hydrogens is 496 g/mol. The lowest BCUT2D eigenvalue weighted by Crippen LogP contribution is -2.37. The molecule has 0 amide bonds. The van der Waals surface area contributed by atoms with E-state index in [1.807, 2.05) is 54.2 Å². The molecule has 1 atom stereocenters. The maximum atomic E-state index is 14.1. The number of nitrogens with zero attached hydrogens (tertiary/aromatic N) is 7. The fraction of sp³-hybridized carbons (Fsp3) is 0.357. The summed E-state index contributed by atoms with van der Waals surface area (Å²) in [5.74, 6) is -0.109. The second-order valence-corrected chi connectivity index (χ2v) is 9.85. The highest BCUT2D eigenvalue weighted by Gasteiger charge is 2.33. The molecule has 3 aromatic heterocycles. The Morgan fingerprint density at radius 3 is 2.77 bits per heavy atom. The van der Waals surface area contributed by atoms with Crippen LogP contribution in [0, 0.1) is 0 Å². The standard InChI is InChI=1S/C28H32N8O3/c1-3-5-9-22-18-35(25-23(26(37)38)10-16-34(25)15-4-2)27(39)36(22)19-28(11-13-29-14-12-28)21-8-6-7-20(17-21)24-30-32-33-31-24/h6-8,10-11,13-14,16-18H,3-5,9,12,15,19H2,1-2H3,(H,37,38)(H,30,31,32,33). The number of aliphatic imine (C=N–C) groups is 1. The van der Waals surface area contributed by atoms with E-state index >= 15 is 0 Å². The second-order valence-electron chi connectivity index (χ2n) is 9.85. The van der Waals surface area contributed by atoms with Crippen molar-refractivity contribution in [3.63, 3.8) is 0 Å². The molecule has 4 aromatic rings. The number of aromatic nitrogens is 7. The van der Waals surface area contributed by atoms with Gasteiger partial charge in [-0.2, -0.15) is 0 Å². The lowest BCUT2D eigenvalue weighted by Gasteiger charge is -2.32. The maximum absolute atomic E-state index is 14.1. The quantitative estimate of drug-likeness (QED) is 0.302. The molecule has 5 rings (SSSR count). The Labute approximate surface area is 225 Å². The molecule has 0 spiro atoms. The van der Waals surface area contributed by atoms with Crippen molar-refractivity contribution in [1.82, 2.24) is 34.3 Å². The van der Waals surface area contributed by atoms with Gasteiger partial charge in [0.2, 0.25) is 0 Å². The highest BCUT2D eigenvalue weighted by Crippen LogP contribution is 2.35. The number of nitrogens with one attached hydrogen (secondary N) is 1. The van der Waals surface area contributed by atoms with E-state index in [2.05, 4.69) is 32.5 Å². The average Bonchev–Trinajstić information content (AvgIpc) is 3.69. The first-order valence-corrected chi connectivity index (χ1v) is 13.2. The highest BCUT2D eigenvalue weighted by atomic mass is 16.4. The topological polar surface area (TPSA) is 136 Å². The van der Waals surface area contributed by atoms with Gasteiger partial charge in [-0.1, -0.05) is 44.5 Å². The van der Waals surface area contributed by atoms with Gasteiger partial charge in [0, 0.05) is 54.6 Å². The number of tetrazole rings is 1. The summed E-state index contributed by atoms with van der Waals surface area (Å²) in [6.07, 6.45) is 13.2. The molecule has 1 aromatic carbocycles. The summed E-state index contributed by atoms with van der Waals surface area (Å²) in [5, 5.41) is 24.1. The normalized spacial score (nSPS) is 16.7. The maximum Gasteiger partial charge on any atom is 0.339 e. The average molecular weight is 529 g/mol. The molecule has 1 aliphatic rings. The van der Waals surface area contributed by atoms with E-state index in [-0.39, 0.29) is 11.3 Å². The molecule has 39 heavy (non-hydrogen) atoms. The van der Waals surface area contributed by atoms with Crippen molar-refractivity contribution in [3.8, 4) is 17.2 Å². The smallest absolute Gasteiger partial charge is 0.339 e. The molecule has 2 N–H and O–H groups in total. The highest BCUT2D eigenvalue weighted by molar-refractivity contribution is 5.91. The van der Waals surface area contributed by atoms with Gasteiger partial charge < -0.3 is 9.67 Å². The number of imidazole rings is 1. The summed E-state index contributed by atoms with van der Waals surface area (Å²) in [6.45, 7) is 5.11. The molecule has 4 heterocycles. The monoisotopic (exact) mass is 528 g/mol. The molecule has 0 bridgehead atoms. The SMILES string of the molecule is CCCCc1cn(-c2c(C(=O)O)ccn2CCC)c(=O)n1CC1(c2cccc(-c3nnn[nH]3)c2)C=CN=CC1. The Morgan fingerprint density at radius 1 is 1.21 bits per heavy atom. The number of allylic oxidation sites excluding steroid dienone is 1. The number of carbonyl (C=O) groups is 1. The second kappa shape index (κ2) is 11.1. The molecular formula is C28H32N8O3. The van der Waals surface area contributed by atoms with Crippen LogP contribution in [0.1, 0.15) is 61.1 Å². The third-order valence-electron chi connectivity index (χ3n) is 7.24. The van der Waals surface area contributed by atoms with Crippen molar-refractivity contribution in [3.05, 3.63) is 82.3 Å². The number of hydrogen-bond donors (Lipinski definition) is 2. The number of unbranched alkanes of at least 4 members (excludes halogenated alkanes) is 1. The summed E-state index contributed by atoms with van der Waals surface area (Å²) in [5.41, 5.74) is 2.01. The fourth-order valence-corrected chi connectivity index (χ4v) is 5.22. The van der Waals surface area contributed by atoms with Crippen LogP contribution < -0.4 is 5.69 Å². The van der Waals surface area contributed by atoms with Gasteiger partial charge in [-0.25, -0.2) is 14.7 Å². The zero-order valence-corrected chi connectivity index (χ0v) is 22.1. The number of carboxylic acids is 1. The van der Waals surface area contributed by atoms with Crippen molar-refractivity contribution in [2.45, 2.75) is 64.5 Å². The van der Waals surface area contributed by atoms with Crippen molar-refractivity contribution >= 4 is 12.2 Å². The predicted octanol–water partition coefficient (Wildman–Crippen LogP) is 4.00. The first-order valence-electron chi connectivity index (χ1n) is 13.2. The Hall–Kier alpha value is -4.54. The lowest BCUT2D eigenvalue weighted by molar-refractivity contribution is 0.0696. The molecule has 0 radical (unpaired) electrons. The first kappa shape index (κ1) is 26.1. The van der Waals surface area contributed by atoms with Crippen molar-refractivity contribution in [2.24, 2.45) is 4.99 Å². The number of aromatic amines is 1. The fourth-order valence-electron chi connectivity index (χ4n) is 5.22. The zero-order valence-electron chi connectivity index (χ0n) is 22.1. The number of rotatable bonds is 11. The Morgan fingerprint density at radius 2 is 2.08 bits per heavy atom. The van der Waals surface area contributed by atoms with E-state index < -0.39 is 11.4 Å².